The number of hydrogen-bond donors (Lipinski definition) is 2. The Morgan fingerprint density at radius 3 is 2.65 bits per heavy atom. The van der Waals surface area contributed by atoms with Crippen LogP contribution in [0.2, 0.25) is 0 Å². The Morgan fingerprint density at radius 1 is 1.40 bits per heavy atom. The predicted molar refractivity (Wildman–Crippen MR) is 75.0 cm³/mol. The molecule has 0 aliphatic carbocycles. The summed E-state index contributed by atoms with van der Waals surface area (Å²) < 4.78 is 24.5. The fourth-order valence-corrected chi connectivity index (χ4v) is 5.24. The van der Waals surface area contributed by atoms with Crippen molar-refractivity contribution in [2.75, 3.05) is 30.3 Å². The summed E-state index contributed by atoms with van der Waals surface area (Å²) in [5.41, 5.74) is -1.19. The van der Waals surface area contributed by atoms with E-state index in [0.29, 0.717) is 30.9 Å². The number of nitrogens with zero attached hydrogens (tertiary/aromatic N) is 1. The van der Waals surface area contributed by atoms with Gasteiger partial charge >= 0.3 is 5.97 Å². The maximum atomic E-state index is 11.9. The van der Waals surface area contributed by atoms with Gasteiger partial charge < -0.3 is 10.4 Å². The van der Waals surface area contributed by atoms with Crippen LogP contribution in [0.5, 0.6) is 0 Å². The third-order valence-electron chi connectivity index (χ3n) is 3.60. The molecule has 0 spiro atoms. The fourth-order valence-electron chi connectivity index (χ4n) is 2.38. The van der Waals surface area contributed by atoms with Crippen molar-refractivity contribution in [1.29, 1.82) is 0 Å². The average molecular weight is 322 g/mol. The summed E-state index contributed by atoms with van der Waals surface area (Å²) in [6.45, 7) is 0.562. The van der Waals surface area contributed by atoms with Crippen molar-refractivity contribution in [2.45, 2.75) is 24.8 Å². The maximum absolute atomic E-state index is 11.9. The normalized spacial score (nSPS) is 29.4. The number of carboxylic acid groups (broad SMARTS) is 1. The molecule has 0 bridgehead atoms. The lowest BCUT2D eigenvalue weighted by molar-refractivity contribution is -0.146. The smallest absolute Gasteiger partial charge is 0.330 e. The molecular formula is C11H18N2O5S2. The van der Waals surface area contributed by atoms with Crippen LogP contribution in [0.4, 0.5) is 0 Å². The first-order chi connectivity index (χ1) is 9.36. The standard InChI is InChI=1S/C11H18N2O5S2/c14-9(2-5-13-4-1-7-20(13,17)18)12-11(10(15)16)3-6-19-8-11/h1-8H2,(H,12,14)(H,15,16). The Morgan fingerprint density at radius 2 is 2.15 bits per heavy atom. The second kappa shape index (κ2) is 5.90. The lowest BCUT2D eigenvalue weighted by Crippen LogP contribution is -2.55. The average Bonchev–Trinajstić information content (AvgIpc) is 2.94. The molecule has 2 rings (SSSR count). The van der Waals surface area contributed by atoms with Crippen LogP contribution in [-0.4, -0.2) is 65.6 Å². The minimum Gasteiger partial charge on any atom is -0.479 e. The van der Waals surface area contributed by atoms with E-state index in [-0.39, 0.29) is 18.7 Å². The van der Waals surface area contributed by atoms with Gasteiger partial charge in [0, 0.05) is 25.3 Å². The molecule has 0 aromatic carbocycles. The van der Waals surface area contributed by atoms with Crippen molar-refractivity contribution in [2.24, 2.45) is 0 Å². The molecular weight excluding hydrogens is 304 g/mol. The number of nitrogens with one attached hydrogen (secondary N) is 1. The molecule has 2 N–H and O–H groups in total. The molecule has 20 heavy (non-hydrogen) atoms. The van der Waals surface area contributed by atoms with E-state index in [4.69, 9.17) is 0 Å². The molecule has 1 unspecified atom stereocenters. The van der Waals surface area contributed by atoms with Crippen LogP contribution in [0.25, 0.3) is 0 Å². The molecule has 2 heterocycles. The van der Waals surface area contributed by atoms with Crippen molar-refractivity contribution in [3.63, 3.8) is 0 Å². The Hall–Kier alpha value is -0.800. The molecule has 2 saturated heterocycles. The van der Waals surface area contributed by atoms with Gasteiger partial charge in [-0.1, -0.05) is 0 Å². The van der Waals surface area contributed by atoms with Gasteiger partial charge in [0.25, 0.3) is 0 Å². The summed E-state index contributed by atoms with van der Waals surface area (Å²) >= 11 is 1.49. The Balaban J connectivity index is 1.88. The van der Waals surface area contributed by atoms with Crippen LogP contribution in [-0.2, 0) is 19.6 Å². The predicted octanol–water partition coefficient (Wildman–Crippen LogP) is -0.511. The van der Waals surface area contributed by atoms with Gasteiger partial charge in [-0.3, -0.25) is 4.79 Å². The highest BCUT2D eigenvalue weighted by molar-refractivity contribution is 7.99. The Bertz CT molecular complexity index is 499. The summed E-state index contributed by atoms with van der Waals surface area (Å²) in [5.74, 6) is -0.241. The van der Waals surface area contributed by atoms with Gasteiger partial charge in [-0.25, -0.2) is 17.5 Å². The maximum Gasteiger partial charge on any atom is 0.330 e. The first-order valence-corrected chi connectivity index (χ1v) is 9.22. The fraction of sp³-hybridized carbons (Fsp3) is 0.818. The summed E-state index contributed by atoms with van der Waals surface area (Å²) in [6, 6.07) is 0. The number of hydrogen-bond acceptors (Lipinski definition) is 5. The minimum absolute atomic E-state index is 0.00106. The van der Waals surface area contributed by atoms with E-state index >= 15 is 0 Å². The van der Waals surface area contributed by atoms with Crippen LogP contribution in [0.3, 0.4) is 0 Å². The van der Waals surface area contributed by atoms with Crippen molar-refractivity contribution in [3.05, 3.63) is 0 Å². The molecule has 0 aromatic rings. The Kier molecular flexibility index (Phi) is 4.60. The van der Waals surface area contributed by atoms with E-state index in [1.807, 2.05) is 0 Å². The molecule has 114 valence electrons. The Labute approximate surface area is 122 Å². The molecule has 1 amide bonds. The van der Waals surface area contributed by atoms with Gasteiger partial charge in [0.15, 0.2) is 0 Å². The van der Waals surface area contributed by atoms with Gasteiger partial charge in [0.05, 0.1) is 5.75 Å². The van der Waals surface area contributed by atoms with Crippen LogP contribution in [0.1, 0.15) is 19.3 Å². The van der Waals surface area contributed by atoms with E-state index in [1.54, 1.807) is 0 Å². The number of carbonyl (C=O) groups is 2. The van der Waals surface area contributed by atoms with Crippen molar-refractivity contribution in [1.82, 2.24) is 9.62 Å². The van der Waals surface area contributed by atoms with E-state index in [0.717, 1.165) is 0 Å². The molecule has 2 aliphatic heterocycles. The molecule has 9 heteroatoms. The highest BCUT2D eigenvalue weighted by Gasteiger charge is 2.43. The van der Waals surface area contributed by atoms with Crippen LogP contribution in [0, 0.1) is 0 Å². The zero-order valence-electron chi connectivity index (χ0n) is 11.0. The monoisotopic (exact) mass is 322 g/mol. The largest absolute Gasteiger partial charge is 0.479 e. The van der Waals surface area contributed by atoms with Crippen LogP contribution >= 0.6 is 11.8 Å². The number of thioether (sulfide) groups is 1. The second-order valence-corrected chi connectivity index (χ2v) is 8.25. The molecule has 0 saturated carbocycles. The van der Waals surface area contributed by atoms with E-state index in [9.17, 15) is 23.1 Å². The summed E-state index contributed by atoms with van der Waals surface area (Å²) in [5, 5.41) is 11.8. The summed E-state index contributed by atoms with van der Waals surface area (Å²) in [7, 11) is -3.21. The molecule has 1 atom stereocenters. The second-order valence-electron chi connectivity index (χ2n) is 5.06. The minimum atomic E-state index is -3.21. The topological polar surface area (TPSA) is 104 Å². The molecule has 2 aliphatic rings. The third kappa shape index (κ3) is 3.26. The van der Waals surface area contributed by atoms with Crippen molar-refractivity contribution < 1.29 is 23.1 Å². The summed E-state index contributed by atoms with van der Waals surface area (Å²) in [4.78, 5) is 23.2. The highest BCUT2D eigenvalue weighted by Crippen LogP contribution is 2.28. The first kappa shape index (κ1) is 15.6. The quantitative estimate of drug-likeness (QED) is 0.706. The van der Waals surface area contributed by atoms with Crippen LogP contribution in [0.15, 0.2) is 0 Å². The first-order valence-electron chi connectivity index (χ1n) is 6.46. The number of sulfonamides is 1. The van der Waals surface area contributed by atoms with Crippen LogP contribution < -0.4 is 5.32 Å². The van der Waals surface area contributed by atoms with Gasteiger partial charge in [0.1, 0.15) is 5.54 Å². The molecule has 2 fully saturated rings. The lowest BCUT2D eigenvalue weighted by Gasteiger charge is -2.25. The highest BCUT2D eigenvalue weighted by atomic mass is 32.2. The van der Waals surface area contributed by atoms with Gasteiger partial charge in [0.2, 0.25) is 15.9 Å². The van der Waals surface area contributed by atoms with Gasteiger partial charge in [-0.2, -0.15) is 11.8 Å². The molecule has 0 radical (unpaired) electrons. The van der Waals surface area contributed by atoms with E-state index in [2.05, 4.69) is 5.32 Å². The molecule has 0 aromatic heterocycles. The van der Waals surface area contributed by atoms with Gasteiger partial charge in [-0.15, -0.1) is 0 Å². The van der Waals surface area contributed by atoms with Crippen molar-refractivity contribution in [3.8, 4) is 0 Å². The van der Waals surface area contributed by atoms with E-state index < -0.39 is 27.4 Å². The van der Waals surface area contributed by atoms with Gasteiger partial charge in [-0.05, 0) is 18.6 Å². The number of amides is 1. The molecule has 7 nitrogen and oxygen atoms in total. The SMILES string of the molecule is O=C(CCN1CCCS1(=O)=O)NC1(C(=O)O)CCSC1. The zero-order valence-corrected chi connectivity index (χ0v) is 12.6. The lowest BCUT2D eigenvalue weighted by atomic mass is 9.99. The third-order valence-corrected chi connectivity index (χ3v) is 6.75. The summed E-state index contributed by atoms with van der Waals surface area (Å²) in [6.07, 6.45) is 0.985. The number of rotatable bonds is 5. The number of aliphatic carboxylic acids is 1. The number of carbonyl (C=O) groups excluding carboxylic acids is 1. The zero-order chi connectivity index (χ0) is 14.8. The van der Waals surface area contributed by atoms with E-state index in [1.165, 1.54) is 16.1 Å². The van der Waals surface area contributed by atoms with Crippen molar-refractivity contribution >= 4 is 33.7 Å². The number of carboxylic acids is 1.